The van der Waals surface area contributed by atoms with Gasteiger partial charge in [0.1, 0.15) is 5.75 Å². The molecule has 1 aliphatic heterocycles. The molecule has 1 aromatic rings. The number of ether oxygens (including phenoxy) is 2. The van der Waals surface area contributed by atoms with Crippen molar-refractivity contribution in [2.75, 3.05) is 13.7 Å². The highest BCUT2D eigenvalue weighted by molar-refractivity contribution is 5.72. The van der Waals surface area contributed by atoms with E-state index in [9.17, 15) is 4.79 Å². The minimum Gasteiger partial charge on any atom is -0.493 e. The highest BCUT2D eigenvalue weighted by atomic mass is 16.5. The molecule has 1 heterocycles. The molecule has 1 aromatic carbocycles. The summed E-state index contributed by atoms with van der Waals surface area (Å²) in [7, 11) is 1.41. The van der Waals surface area contributed by atoms with Gasteiger partial charge in [0.25, 0.3) is 0 Å². The molecule has 2 aliphatic rings. The molecule has 18 heavy (non-hydrogen) atoms. The van der Waals surface area contributed by atoms with E-state index in [1.807, 2.05) is 12.1 Å². The fourth-order valence-electron chi connectivity index (χ4n) is 2.91. The van der Waals surface area contributed by atoms with Crippen LogP contribution in [0.3, 0.4) is 0 Å². The van der Waals surface area contributed by atoms with Gasteiger partial charge in [0.2, 0.25) is 0 Å². The van der Waals surface area contributed by atoms with Gasteiger partial charge in [-0.05, 0) is 36.5 Å². The predicted molar refractivity (Wildman–Crippen MR) is 67.6 cm³/mol. The van der Waals surface area contributed by atoms with Crippen molar-refractivity contribution in [3.8, 4) is 5.75 Å². The van der Waals surface area contributed by atoms with Gasteiger partial charge in [0, 0.05) is 5.41 Å². The van der Waals surface area contributed by atoms with Crippen molar-refractivity contribution < 1.29 is 14.3 Å². The Bertz CT molecular complexity index is 475. The summed E-state index contributed by atoms with van der Waals surface area (Å²) in [5.74, 6) is 0.746. The van der Waals surface area contributed by atoms with Gasteiger partial charge in [-0.3, -0.25) is 4.79 Å². The summed E-state index contributed by atoms with van der Waals surface area (Å²) in [4.78, 5) is 11.2. The van der Waals surface area contributed by atoms with E-state index >= 15 is 0 Å². The normalized spacial score (nSPS) is 19.6. The smallest absolute Gasteiger partial charge is 0.309 e. The molecule has 0 saturated heterocycles. The minimum absolute atomic E-state index is 0.207. The standard InChI is InChI=1S/C15H18O3/c1-17-14(16)8-11-3-4-12-9-15(5-2-6-15)10-18-13(12)7-11/h3-4,7H,2,5-6,8-10H2,1H3. The number of rotatable bonds is 2. The molecule has 1 spiro atoms. The van der Waals surface area contributed by atoms with Crippen LogP contribution in [-0.4, -0.2) is 19.7 Å². The van der Waals surface area contributed by atoms with E-state index in [0.29, 0.717) is 11.8 Å². The third kappa shape index (κ3) is 1.98. The molecule has 3 nitrogen and oxygen atoms in total. The maximum absolute atomic E-state index is 11.2. The second-order valence-corrected chi connectivity index (χ2v) is 5.51. The van der Waals surface area contributed by atoms with Gasteiger partial charge in [-0.15, -0.1) is 0 Å². The van der Waals surface area contributed by atoms with Crippen LogP contribution in [0.25, 0.3) is 0 Å². The maximum atomic E-state index is 11.2. The Labute approximate surface area is 107 Å². The number of esters is 1. The van der Waals surface area contributed by atoms with E-state index < -0.39 is 0 Å². The first-order valence-corrected chi connectivity index (χ1v) is 6.52. The topological polar surface area (TPSA) is 35.5 Å². The Balaban J connectivity index is 1.78. The first-order chi connectivity index (χ1) is 8.71. The number of carbonyl (C=O) groups is 1. The van der Waals surface area contributed by atoms with E-state index in [0.717, 1.165) is 24.3 Å². The molecular formula is C15H18O3. The van der Waals surface area contributed by atoms with Gasteiger partial charge in [-0.1, -0.05) is 18.6 Å². The Kier molecular flexibility index (Phi) is 2.77. The molecule has 3 heteroatoms. The summed E-state index contributed by atoms with van der Waals surface area (Å²) in [5, 5.41) is 0. The molecule has 0 amide bonds. The van der Waals surface area contributed by atoms with Gasteiger partial charge in [-0.25, -0.2) is 0 Å². The third-order valence-corrected chi connectivity index (χ3v) is 4.22. The molecule has 0 aromatic heterocycles. The van der Waals surface area contributed by atoms with E-state index in [2.05, 4.69) is 10.8 Å². The SMILES string of the molecule is COC(=O)Cc1ccc2c(c1)OCC1(CCC1)C2. The summed E-state index contributed by atoms with van der Waals surface area (Å²) < 4.78 is 10.6. The van der Waals surface area contributed by atoms with Crippen molar-refractivity contribution in [2.45, 2.75) is 32.1 Å². The van der Waals surface area contributed by atoms with Crippen LogP contribution >= 0.6 is 0 Å². The number of benzene rings is 1. The zero-order chi connectivity index (χ0) is 12.6. The molecule has 96 valence electrons. The molecule has 1 aliphatic carbocycles. The maximum Gasteiger partial charge on any atom is 0.309 e. The Morgan fingerprint density at radius 1 is 1.44 bits per heavy atom. The lowest BCUT2D eigenvalue weighted by Crippen LogP contribution is -2.40. The second-order valence-electron chi connectivity index (χ2n) is 5.51. The van der Waals surface area contributed by atoms with Gasteiger partial charge in [-0.2, -0.15) is 0 Å². The van der Waals surface area contributed by atoms with Gasteiger partial charge < -0.3 is 9.47 Å². The minimum atomic E-state index is -0.207. The van der Waals surface area contributed by atoms with Crippen molar-refractivity contribution in [3.05, 3.63) is 29.3 Å². The summed E-state index contributed by atoms with van der Waals surface area (Å²) >= 11 is 0. The lowest BCUT2D eigenvalue weighted by molar-refractivity contribution is -0.139. The van der Waals surface area contributed by atoms with Gasteiger partial charge in [0.05, 0.1) is 20.1 Å². The Morgan fingerprint density at radius 2 is 2.28 bits per heavy atom. The molecule has 0 unspecified atom stereocenters. The van der Waals surface area contributed by atoms with E-state index in [1.54, 1.807) is 0 Å². The molecule has 0 radical (unpaired) electrons. The van der Waals surface area contributed by atoms with Crippen molar-refractivity contribution >= 4 is 5.97 Å². The zero-order valence-electron chi connectivity index (χ0n) is 10.7. The highest BCUT2D eigenvalue weighted by Gasteiger charge is 2.41. The van der Waals surface area contributed by atoms with Crippen molar-refractivity contribution in [1.29, 1.82) is 0 Å². The Morgan fingerprint density at radius 3 is 2.94 bits per heavy atom. The van der Waals surface area contributed by atoms with E-state index in [-0.39, 0.29) is 5.97 Å². The lowest BCUT2D eigenvalue weighted by atomic mass is 9.65. The van der Waals surface area contributed by atoms with Crippen LogP contribution in [0.4, 0.5) is 0 Å². The molecule has 1 fully saturated rings. The van der Waals surface area contributed by atoms with Crippen molar-refractivity contribution in [1.82, 2.24) is 0 Å². The predicted octanol–water partition coefficient (Wildman–Crippen LogP) is 2.51. The summed E-state index contributed by atoms with van der Waals surface area (Å²) in [5.41, 5.74) is 2.66. The summed E-state index contributed by atoms with van der Waals surface area (Å²) in [6, 6.07) is 6.10. The number of hydrogen-bond acceptors (Lipinski definition) is 3. The Hall–Kier alpha value is -1.51. The second kappa shape index (κ2) is 4.30. The molecule has 0 N–H and O–H groups in total. The van der Waals surface area contributed by atoms with Gasteiger partial charge >= 0.3 is 5.97 Å². The number of carbonyl (C=O) groups excluding carboxylic acids is 1. The molecule has 0 bridgehead atoms. The average molecular weight is 246 g/mol. The molecule has 3 rings (SSSR count). The van der Waals surface area contributed by atoms with Crippen LogP contribution in [0, 0.1) is 5.41 Å². The third-order valence-electron chi connectivity index (χ3n) is 4.22. The van der Waals surface area contributed by atoms with Crippen LogP contribution in [0.5, 0.6) is 5.75 Å². The van der Waals surface area contributed by atoms with Crippen LogP contribution in [-0.2, 0) is 22.4 Å². The molecule has 0 atom stereocenters. The highest BCUT2D eigenvalue weighted by Crippen LogP contribution is 2.48. The van der Waals surface area contributed by atoms with Crippen molar-refractivity contribution in [3.63, 3.8) is 0 Å². The fraction of sp³-hybridized carbons (Fsp3) is 0.533. The monoisotopic (exact) mass is 246 g/mol. The average Bonchev–Trinajstić information content (AvgIpc) is 2.36. The number of fused-ring (bicyclic) bond motifs is 1. The van der Waals surface area contributed by atoms with Crippen LogP contribution in [0.15, 0.2) is 18.2 Å². The van der Waals surface area contributed by atoms with Gasteiger partial charge in [0.15, 0.2) is 0 Å². The van der Waals surface area contributed by atoms with E-state index in [1.165, 1.54) is 31.9 Å². The lowest BCUT2D eigenvalue weighted by Gasteiger charge is -2.44. The summed E-state index contributed by atoms with van der Waals surface area (Å²) in [6.07, 6.45) is 5.35. The van der Waals surface area contributed by atoms with Crippen LogP contribution < -0.4 is 4.74 Å². The molecular weight excluding hydrogens is 228 g/mol. The quantitative estimate of drug-likeness (QED) is 0.752. The van der Waals surface area contributed by atoms with Crippen LogP contribution in [0.2, 0.25) is 0 Å². The number of methoxy groups -OCH3 is 1. The summed E-state index contributed by atoms with van der Waals surface area (Å²) in [6.45, 7) is 0.835. The van der Waals surface area contributed by atoms with E-state index in [4.69, 9.17) is 4.74 Å². The molecule has 1 saturated carbocycles. The first kappa shape index (κ1) is 11.6. The zero-order valence-corrected chi connectivity index (χ0v) is 10.7. The van der Waals surface area contributed by atoms with Crippen molar-refractivity contribution in [2.24, 2.45) is 5.41 Å². The fourth-order valence-corrected chi connectivity index (χ4v) is 2.91. The van der Waals surface area contributed by atoms with Crippen LogP contribution in [0.1, 0.15) is 30.4 Å². The number of hydrogen-bond donors (Lipinski definition) is 0. The largest absolute Gasteiger partial charge is 0.493 e. The first-order valence-electron chi connectivity index (χ1n) is 6.52.